The summed E-state index contributed by atoms with van der Waals surface area (Å²) in [6.07, 6.45) is 3.73. The molecular formula is C11H9N5O3S. The van der Waals surface area contributed by atoms with Gasteiger partial charge in [-0.15, -0.1) is 10.2 Å². The van der Waals surface area contributed by atoms with Crippen LogP contribution in [0.1, 0.15) is 0 Å². The van der Waals surface area contributed by atoms with Crippen molar-refractivity contribution in [2.75, 3.05) is 4.72 Å². The zero-order chi connectivity index (χ0) is 14.0. The topological polar surface area (TPSA) is 114 Å². The highest BCUT2D eigenvalue weighted by Gasteiger charge is 2.16. The number of hydrogen-bond donors (Lipinski definition) is 2. The van der Waals surface area contributed by atoms with Crippen molar-refractivity contribution in [1.29, 1.82) is 0 Å². The van der Waals surface area contributed by atoms with Gasteiger partial charge in [0.1, 0.15) is 0 Å². The third kappa shape index (κ3) is 2.38. The van der Waals surface area contributed by atoms with Crippen LogP contribution >= 0.6 is 0 Å². The normalized spacial score (nSPS) is 11.4. The Labute approximate surface area is 113 Å². The molecule has 0 bridgehead atoms. The summed E-state index contributed by atoms with van der Waals surface area (Å²) in [7, 11) is -3.69. The van der Waals surface area contributed by atoms with Gasteiger partial charge in [-0.05, 0) is 18.2 Å². The Hall–Kier alpha value is -2.68. The van der Waals surface area contributed by atoms with Gasteiger partial charge >= 0.3 is 0 Å². The predicted molar refractivity (Wildman–Crippen MR) is 69.1 cm³/mol. The van der Waals surface area contributed by atoms with Crippen LogP contribution in [-0.4, -0.2) is 28.6 Å². The van der Waals surface area contributed by atoms with Gasteiger partial charge in [0.05, 0.1) is 12.5 Å². The van der Waals surface area contributed by atoms with E-state index in [1.807, 2.05) is 0 Å². The van der Waals surface area contributed by atoms with Crippen LogP contribution in [0.4, 0.5) is 5.69 Å². The number of anilines is 1. The van der Waals surface area contributed by atoms with E-state index < -0.39 is 10.0 Å². The molecule has 0 radical (unpaired) electrons. The number of rotatable bonds is 4. The van der Waals surface area contributed by atoms with Crippen LogP contribution in [-0.2, 0) is 10.0 Å². The fraction of sp³-hybridized carbons (Fsp3) is 0. The summed E-state index contributed by atoms with van der Waals surface area (Å²) in [6.45, 7) is 0. The van der Waals surface area contributed by atoms with Crippen LogP contribution in [0.2, 0.25) is 0 Å². The third-order valence-corrected chi connectivity index (χ3v) is 3.79. The lowest BCUT2D eigenvalue weighted by Crippen LogP contribution is -2.13. The summed E-state index contributed by atoms with van der Waals surface area (Å²) in [5.74, 6) is 0.313. The van der Waals surface area contributed by atoms with Crippen LogP contribution < -0.4 is 4.72 Å². The van der Waals surface area contributed by atoms with Crippen molar-refractivity contribution in [3.05, 3.63) is 43.2 Å². The highest BCUT2D eigenvalue weighted by Crippen LogP contribution is 2.22. The van der Waals surface area contributed by atoms with Gasteiger partial charge in [-0.25, -0.2) is 4.98 Å². The van der Waals surface area contributed by atoms with Crippen molar-refractivity contribution in [2.45, 2.75) is 5.03 Å². The smallest absolute Gasteiger partial charge is 0.278 e. The van der Waals surface area contributed by atoms with E-state index in [4.69, 9.17) is 4.42 Å². The molecule has 2 N–H and O–H groups in total. The van der Waals surface area contributed by atoms with Crippen molar-refractivity contribution >= 4 is 15.7 Å². The predicted octanol–water partition coefficient (Wildman–Crippen LogP) is 1.26. The number of H-pyrrole nitrogens is 1. The SMILES string of the molecule is O=S(=O)(Nc1cccc(-c2nnco2)c1)c1cnc[nH]1. The minimum atomic E-state index is -3.69. The summed E-state index contributed by atoms with van der Waals surface area (Å²) in [5.41, 5.74) is 1.00. The maximum absolute atomic E-state index is 12.0. The molecule has 0 aliphatic rings. The number of nitrogens with zero attached hydrogens (tertiary/aromatic N) is 3. The molecule has 0 atom stereocenters. The lowest BCUT2D eigenvalue weighted by Gasteiger charge is -2.06. The minimum Gasteiger partial charge on any atom is -0.423 e. The average Bonchev–Trinajstić information content (AvgIpc) is 3.12. The zero-order valence-corrected chi connectivity index (χ0v) is 10.8. The molecule has 3 aromatic rings. The van der Waals surface area contributed by atoms with Crippen LogP contribution in [0.5, 0.6) is 0 Å². The Balaban J connectivity index is 1.91. The highest BCUT2D eigenvalue weighted by molar-refractivity contribution is 7.92. The monoisotopic (exact) mass is 291 g/mol. The highest BCUT2D eigenvalue weighted by atomic mass is 32.2. The maximum atomic E-state index is 12.0. The summed E-state index contributed by atoms with van der Waals surface area (Å²) in [6, 6.07) is 6.64. The van der Waals surface area contributed by atoms with Gasteiger partial charge < -0.3 is 9.40 Å². The van der Waals surface area contributed by atoms with Crippen LogP contribution in [0, 0.1) is 0 Å². The van der Waals surface area contributed by atoms with E-state index in [9.17, 15) is 8.42 Å². The first-order chi connectivity index (χ1) is 9.65. The van der Waals surface area contributed by atoms with Gasteiger partial charge in [0, 0.05) is 11.3 Å². The summed E-state index contributed by atoms with van der Waals surface area (Å²) < 4.78 is 31.5. The maximum Gasteiger partial charge on any atom is 0.278 e. The largest absolute Gasteiger partial charge is 0.423 e. The van der Waals surface area contributed by atoms with Crippen molar-refractivity contribution in [1.82, 2.24) is 20.2 Å². The van der Waals surface area contributed by atoms with Gasteiger partial charge in [0.15, 0.2) is 5.03 Å². The van der Waals surface area contributed by atoms with E-state index in [1.54, 1.807) is 24.3 Å². The number of nitrogens with one attached hydrogen (secondary N) is 2. The number of imidazole rings is 1. The molecule has 8 nitrogen and oxygen atoms in total. The number of sulfonamides is 1. The number of hydrogen-bond acceptors (Lipinski definition) is 6. The molecule has 0 fully saturated rings. The number of benzene rings is 1. The summed E-state index contributed by atoms with van der Waals surface area (Å²) >= 11 is 0. The molecule has 0 saturated carbocycles. The Kier molecular flexibility index (Phi) is 2.95. The first-order valence-electron chi connectivity index (χ1n) is 5.53. The van der Waals surface area contributed by atoms with Gasteiger partial charge in [0.2, 0.25) is 12.3 Å². The number of aromatic amines is 1. The summed E-state index contributed by atoms with van der Waals surface area (Å²) in [5, 5.41) is 7.33. The molecule has 0 unspecified atom stereocenters. The van der Waals surface area contributed by atoms with Gasteiger partial charge in [0.25, 0.3) is 10.0 Å². The molecule has 20 heavy (non-hydrogen) atoms. The lowest BCUT2D eigenvalue weighted by molar-refractivity contribution is 0.568. The van der Waals surface area contributed by atoms with Gasteiger partial charge in [-0.2, -0.15) is 8.42 Å². The van der Waals surface area contributed by atoms with Gasteiger partial charge in [-0.1, -0.05) is 6.07 Å². The molecular weight excluding hydrogens is 282 g/mol. The molecule has 102 valence electrons. The molecule has 0 spiro atoms. The zero-order valence-electron chi connectivity index (χ0n) is 10.0. The molecule has 0 saturated heterocycles. The molecule has 0 amide bonds. The van der Waals surface area contributed by atoms with E-state index in [1.165, 1.54) is 18.9 Å². The van der Waals surface area contributed by atoms with Crippen LogP contribution in [0.25, 0.3) is 11.5 Å². The standard InChI is InChI=1S/C11H9N5O3S/c17-20(18,10-5-12-6-13-10)16-9-3-1-2-8(4-9)11-15-14-7-19-11/h1-7,16H,(H,12,13). The molecule has 3 rings (SSSR count). The molecule has 9 heteroatoms. The fourth-order valence-electron chi connectivity index (χ4n) is 1.61. The van der Waals surface area contributed by atoms with E-state index in [0.29, 0.717) is 17.1 Å². The average molecular weight is 291 g/mol. The Morgan fingerprint density at radius 2 is 2.20 bits per heavy atom. The van der Waals surface area contributed by atoms with Crippen molar-refractivity contribution in [3.8, 4) is 11.5 Å². The third-order valence-electron chi connectivity index (χ3n) is 2.48. The first-order valence-corrected chi connectivity index (χ1v) is 7.01. The first kappa shape index (κ1) is 12.4. The second-order valence-electron chi connectivity index (χ2n) is 3.85. The Morgan fingerprint density at radius 3 is 2.90 bits per heavy atom. The second-order valence-corrected chi connectivity index (χ2v) is 5.50. The van der Waals surface area contributed by atoms with Crippen LogP contribution in [0.3, 0.4) is 0 Å². The Morgan fingerprint density at radius 1 is 1.30 bits per heavy atom. The van der Waals surface area contributed by atoms with Crippen molar-refractivity contribution < 1.29 is 12.8 Å². The van der Waals surface area contributed by atoms with Crippen LogP contribution in [0.15, 0.2) is 52.6 Å². The molecule has 0 aliphatic carbocycles. The molecule has 1 aromatic carbocycles. The van der Waals surface area contributed by atoms with Crippen molar-refractivity contribution in [2.24, 2.45) is 0 Å². The fourth-order valence-corrected chi connectivity index (χ4v) is 2.57. The van der Waals surface area contributed by atoms with Gasteiger partial charge in [-0.3, -0.25) is 4.72 Å². The van der Waals surface area contributed by atoms with E-state index in [2.05, 4.69) is 24.9 Å². The second kappa shape index (κ2) is 4.78. The summed E-state index contributed by atoms with van der Waals surface area (Å²) in [4.78, 5) is 6.22. The molecule has 0 aliphatic heterocycles. The van der Waals surface area contributed by atoms with Crippen molar-refractivity contribution in [3.63, 3.8) is 0 Å². The Bertz CT molecular complexity index is 796. The van der Waals surface area contributed by atoms with E-state index in [-0.39, 0.29) is 5.03 Å². The molecule has 2 heterocycles. The van der Waals surface area contributed by atoms with E-state index in [0.717, 1.165) is 0 Å². The quantitative estimate of drug-likeness (QED) is 0.748. The van der Waals surface area contributed by atoms with E-state index >= 15 is 0 Å². The number of aromatic nitrogens is 4. The lowest BCUT2D eigenvalue weighted by atomic mass is 10.2. The minimum absolute atomic E-state index is 0.0132. The molecule has 2 aromatic heterocycles.